The molecular formula is C19H20N2O3S. The number of carbonyl (C=O) groups excluding carboxylic acids is 1. The van der Waals surface area contributed by atoms with Crippen LogP contribution in [0.5, 0.6) is 11.5 Å². The van der Waals surface area contributed by atoms with E-state index in [0.29, 0.717) is 6.42 Å². The summed E-state index contributed by atoms with van der Waals surface area (Å²) < 4.78 is 10.8. The molecule has 0 bridgehead atoms. The molecule has 0 unspecified atom stereocenters. The molecule has 0 aliphatic carbocycles. The molecule has 1 amide bonds. The van der Waals surface area contributed by atoms with Gasteiger partial charge in [0.05, 0.1) is 0 Å². The molecule has 25 heavy (non-hydrogen) atoms. The summed E-state index contributed by atoms with van der Waals surface area (Å²) in [4.78, 5) is 17.1. The normalized spacial score (nSPS) is 25.4. The summed E-state index contributed by atoms with van der Waals surface area (Å²) >= 11 is 1.74. The number of hydrogen-bond donors (Lipinski definition) is 0. The van der Waals surface area contributed by atoms with Gasteiger partial charge in [0.1, 0.15) is 0 Å². The van der Waals surface area contributed by atoms with Gasteiger partial charge >= 0.3 is 0 Å². The van der Waals surface area contributed by atoms with E-state index in [-0.39, 0.29) is 18.1 Å². The van der Waals surface area contributed by atoms with E-state index in [2.05, 4.69) is 21.7 Å². The van der Waals surface area contributed by atoms with Crippen LogP contribution in [0.15, 0.2) is 35.0 Å². The van der Waals surface area contributed by atoms with Crippen LogP contribution in [0.1, 0.15) is 18.4 Å². The van der Waals surface area contributed by atoms with Crippen molar-refractivity contribution in [1.29, 1.82) is 0 Å². The van der Waals surface area contributed by atoms with E-state index in [4.69, 9.17) is 9.47 Å². The summed E-state index contributed by atoms with van der Waals surface area (Å²) in [6.45, 7) is 4.11. The number of nitrogens with zero attached hydrogens (tertiary/aromatic N) is 2. The van der Waals surface area contributed by atoms with Gasteiger partial charge in [0.25, 0.3) is 0 Å². The van der Waals surface area contributed by atoms with Gasteiger partial charge in [-0.3, -0.25) is 9.69 Å². The molecule has 5 rings (SSSR count). The molecule has 2 aromatic rings. The van der Waals surface area contributed by atoms with Gasteiger partial charge in [0, 0.05) is 43.2 Å². The van der Waals surface area contributed by atoms with Gasteiger partial charge in [-0.1, -0.05) is 0 Å². The van der Waals surface area contributed by atoms with Crippen molar-refractivity contribution in [3.63, 3.8) is 0 Å². The van der Waals surface area contributed by atoms with E-state index in [1.807, 2.05) is 23.1 Å². The van der Waals surface area contributed by atoms with Crippen molar-refractivity contribution in [3.05, 3.63) is 40.6 Å². The Labute approximate surface area is 150 Å². The molecule has 3 aliphatic rings. The van der Waals surface area contributed by atoms with Crippen LogP contribution in [0.3, 0.4) is 0 Å². The Hall–Kier alpha value is -2.05. The third-order valence-electron chi connectivity index (χ3n) is 5.49. The fourth-order valence-corrected chi connectivity index (χ4v) is 4.92. The van der Waals surface area contributed by atoms with Crippen molar-refractivity contribution in [1.82, 2.24) is 4.90 Å². The predicted molar refractivity (Wildman–Crippen MR) is 96.2 cm³/mol. The third-order valence-corrected chi connectivity index (χ3v) is 6.22. The first-order valence-corrected chi connectivity index (χ1v) is 9.59. The minimum atomic E-state index is 0.0868. The molecule has 0 saturated carbocycles. The van der Waals surface area contributed by atoms with Gasteiger partial charge in [-0.25, -0.2) is 0 Å². The smallest absolute Gasteiger partial charge is 0.231 e. The Bertz CT molecular complexity index is 807. The van der Waals surface area contributed by atoms with Crippen molar-refractivity contribution < 1.29 is 14.3 Å². The highest BCUT2D eigenvalue weighted by Crippen LogP contribution is 2.44. The Morgan fingerprint density at radius 3 is 2.96 bits per heavy atom. The molecule has 0 radical (unpaired) electrons. The number of anilines is 1. The fraction of sp³-hybridized carbons (Fsp3) is 0.421. The van der Waals surface area contributed by atoms with E-state index in [1.54, 1.807) is 11.3 Å². The SMILES string of the molecule is O=C1C[C@]2(CCN(Cc3ccsc3)C2)CN1c1ccc2c(c1)OCO2. The number of carbonyl (C=O) groups is 1. The second kappa shape index (κ2) is 5.75. The Morgan fingerprint density at radius 1 is 1.16 bits per heavy atom. The standard InChI is InChI=1S/C19H20N2O3S/c22-18-8-19(4-5-20(11-19)9-14-3-6-25-10-14)12-21(18)15-1-2-16-17(7-15)24-13-23-16/h1-3,6-7,10H,4-5,8-9,11-13H2/t19-/m0/s1. The first-order chi connectivity index (χ1) is 12.2. The number of thiophene rings is 1. The molecule has 0 N–H and O–H groups in total. The Balaban J connectivity index is 1.32. The van der Waals surface area contributed by atoms with Gasteiger partial charge in [-0.15, -0.1) is 0 Å². The molecular weight excluding hydrogens is 336 g/mol. The van der Waals surface area contributed by atoms with Crippen molar-refractivity contribution in [3.8, 4) is 11.5 Å². The minimum absolute atomic E-state index is 0.0868. The molecule has 1 aromatic carbocycles. The Kier molecular flexibility index (Phi) is 3.50. The molecule has 6 heteroatoms. The van der Waals surface area contributed by atoms with E-state index < -0.39 is 0 Å². The summed E-state index contributed by atoms with van der Waals surface area (Å²) in [5, 5.41) is 4.34. The van der Waals surface area contributed by atoms with E-state index >= 15 is 0 Å². The third kappa shape index (κ3) is 2.69. The molecule has 1 aromatic heterocycles. The number of likely N-dealkylation sites (tertiary alicyclic amines) is 1. The van der Waals surface area contributed by atoms with Crippen molar-refractivity contribution in [2.75, 3.05) is 31.3 Å². The second-order valence-corrected chi connectivity index (χ2v) is 8.07. The second-order valence-electron chi connectivity index (χ2n) is 7.29. The number of rotatable bonds is 3. The number of hydrogen-bond acceptors (Lipinski definition) is 5. The highest BCUT2D eigenvalue weighted by Gasteiger charge is 2.47. The number of ether oxygens (including phenoxy) is 2. The summed E-state index contributed by atoms with van der Waals surface area (Å²) in [5.74, 6) is 1.71. The average Bonchev–Trinajstić information content (AvgIpc) is 3.37. The minimum Gasteiger partial charge on any atom is -0.454 e. The van der Waals surface area contributed by atoms with E-state index in [9.17, 15) is 4.79 Å². The van der Waals surface area contributed by atoms with Gasteiger partial charge in [0.15, 0.2) is 11.5 Å². The lowest BCUT2D eigenvalue weighted by Gasteiger charge is -2.24. The monoisotopic (exact) mass is 356 g/mol. The molecule has 4 heterocycles. The van der Waals surface area contributed by atoms with E-state index in [0.717, 1.165) is 49.8 Å². The predicted octanol–water partition coefficient (Wildman–Crippen LogP) is 3.11. The first-order valence-electron chi connectivity index (χ1n) is 8.64. The fourth-order valence-electron chi connectivity index (χ4n) is 4.26. The highest BCUT2D eigenvalue weighted by atomic mass is 32.1. The number of fused-ring (bicyclic) bond motifs is 1. The topological polar surface area (TPSA) is 42.0 Å². The highest BCUT2D eigenvalue weighted by molar-refractivity contribution is 7.07. The number of amides is 1. The van der Waals surface area contributed by atoms with Crippen molar-refractivity contribution in [2.24, 2.45) is 5.41 Å². The quantitative estimate of drug-likeness (QED) is 0.847. The summed E-state index contributed by atoms with van der Waals surface area (Å²) in [5.41, 5.74) is 2.38. The lowest BCUT2D eigenvalue weighted by Crippen LogP contribution is -2.31. The van der Waals surface area contributed by atoms with Crippen LogP contribution in [0.2, 0.25) is 0 Å². The summed E-state index contributed by atoms with van der Waals surface area (Å²) in [6, 6.07) is 7.97. The van der Waals surface area contributed by atoms with Crippen LogP contribution in [-0.2, 0) is 11.3 Å². The average molecular weight is 356 g/mol. The molecule has 5 nitrogen and oxygen atoms in total. The van der Waals surface area contributed by atoms with Gasteiger partial charge in [-0.2, -0.15) is 11.3 Å². The molecule has 2 saturated heterocycles. The molecule has 1 atom stereocenters. The van der Waals surface area contributed by atoms with Crippen LogP contribution >= 0.6 is 11.3 Å². The zero-order chi connectivity index (χ0) is 16.9. The van der Waals surface area contributed by atoms with E-state index in [1.165, 1.54) is 5.56 Å². The van der Waals surface area contributed by atoms with Gasteiger partial charge < -0.3 is 14.4 Å². The first kappa shape index (κ1) is 15.2. The van der Waals surface area contributed by atoms with Crippen LogP contribution < -0.4 is 14.4 Å². The number of benzene rings is 1. The van der Waals surface area contributed by atoms with Crippen molar-refractivity contribution >= 4 is 22.9 Å². The zero-order valence-corrected chi connectivity index (χ0v) is 14.8. The summed E-state index contributed by atoms with van der Waals surface area (Å²) in [7, 11) is 0. The zero-order valence-electron chi connectivity index (χ0n) is 13.9. The van der Waals surface area contributed by atoms with Crippen molar-refractivity contribution in [2.45, 2.75) is 19.4 Å². The lowest BCUT2D eigenvalue weighted by atomic mass is 9.86. The molecule has 1 spiro atoms. The van der Waals surface area contributed by atoms with Gasteiger partial charge in [-0.05, 0) is 47.5 Å². The molecule has 2 fully saturated rings. The van der Waals surface area contributed by atoms with Crippen LogP contribution in [0, 0.1) is 5.41 Å². The van der Waals surface area contributed by atoms with Gasteiger partial charge in [0.2, 0.25) is 12.7 Å². The maximum Gasteiger partial charge on any atom is 0.231 e. The maximum atomic E-state index is 12.7. The summed E-state index contributed by atoms with van der Waals surface area (Å²) in [6.07, 6.45) is 1.73. The van der Waals surface area contributed by atoms with Crippen LogP contribution in [0.4, 0.5) is 5.69 Å². The molecule has 130 valence electrons. The van der Waals surface area contributed by atoms with Crippen LogP contribution in [-0.4, -0.2) is 37.2 Å². The maximum absolute atomic E-state index is 12.7. The lowest BCUT2D eigenvalue weighted by molar-refractivity contribution is -0.117. The largest absolute Gasteiger partial charge is 0.454 e. The molecule has 3 aliphatic heterocycles. The Morgan fingerprint density at radius 2 is 2.08 bits per heavy atom. The van der Waals surface area contributed by atoms with Crippen LogP contribution in [0.25, 0.3) is 0 Å².